The fourth-order valence-electron chi connectivity index (χ4n) is 3.75. The van der Waals surface area contributed by atoms with Crippen molar-refractivity contribution in [3.63, 3.8) is 0 Å². The van der Waals surface area contributed by atoms with Crippen LogP contribution in [0.2, 0.25) is 0 Å². The maximum absolute atomic E-state index is 12.6. The molecular weight excluding hydrogens is 552 g/mol. The smallest absolute Gasteiger partial charge is 0.336 e. The molecule has 43 heavy (non-hydrogen) atoms. The summed E-state index contributed by atoms with van der Waals surface area (Å²) in [5, 5.41) is 18.2. The third-order valence-electron chi connectivity index (χ3n) is 6.04. The second-order valence-electron chi connectivity index (χ2n) is 9.08. The Morgan fingerprint density at radius 1 is 0.860 bits per heavy atom. The van der Waals surface area contributed by atoms with E-state index in [-0.39, 0.29) is 22.8 Å². The van der Waals surface area contributed by atoms with Crippen LogP contribution in [0.25, 0.3) is 6.08 Å². The number of carbonyl (C=O) groups excluding carboxylic acids is 3. The minimum absolute atomic E-state index is 0.0925. The zero-order valence-electron chi connectivity index (χ0n) is 23.1. The molecule has 2 amide bonds. The summed E-state index contributed by atoms with van der Waals surface area (Å²) in [6, 6.07) is 24.2. The van der Waals surface area contributed by atoms with Crippen molar-refractivity contribution in [1.82, 2.24) is 5.43 Å². The molecule has 11 heteroatoms. The van der Waals surface area contributed by atoms with Gasteiger partial charge in [0.1, 0.15) is 5.75 Å². The van der Waals surface area contributed by atoms with Crippen molar-refractivity contribution in [1.29, 1.82) is 0 Å². The first-order valence-corrected chi connectivity index (χ1v) is 12.9. The van der Waals surface area contributed by atoms with E-state index in [0.29, 0.717) is 22.6 Å². The molecule has 0 aromatic heterocycles. The molecule has 4 aromatic carbocycles. The van der Waals surface area contributed by atoms with Crippen molar-refractivity contribution >= 4 is 41.4 Å². The molecule has 0 aliphatic carbocycles. The fourth-order valence-corrected chi connectivity index (χ4v) is 3.75. The van der Waals surface area contributed by atoms with E-state index in [9.17, 15) is 24.5 Å². The number of esters is 1. The van der Waals surface area contributed by atoms with Crippen LogP contribution in [0.3, 0.4) is 0 Å². The summed E-state index contributed by atoms with van der Waals surface area (Å²) in [4.78, 5) is 48.4. The Hall–Kier alpha value is -6.10. The lowest BCUT2D eigenvalue weighted by Crippen LogP contribution is -2.18. The number of hydrazone groups is 1. The van der Waals surface area contributed by atoms with Gasteiger partial charge in [0.25, 0.3) is 11.8 Å². The van der Waals surface area contributed by atoms with Gasteiger partial charge in [-0.25, -0.2) is 10.2 Å². The number of anilines is 1. The predicted molar refractivity (Wildman–Crippen MR) is 161 cm³/mol. The van der Waals surface area contributed by atoms with Crippen molar-refractivity contribution in [2.75, 3.05) is 12.4 Å². The summed E-state index contributed by atoms with van der Waals surface area (Å²) in [6.07, 6.45) is 3.76. The highest BCUT2D eigenvalue weighted by Gasteiger charge is 2.20. The lowest BCUT2D eigenvalue weighted by molar-refractivity contribution is -0.385. The molecule has 2 N–H and O–H groups in total. The van der Waals surface area contributed by atoms with E-state index in [0.717, 1.165) is 17.9 Å². The first-order chi connectivity index (χ1) is 20.7. The molecule has 0 fully saturated rings. The van der Waals surface area contributed by atoms with Crippen molar-refractivity contribution in [3.8, 4) is 11.5 Å². The van der Waals surface area contributed by atoms with Crippen LogP contribution in [-0.4, -0.2) is 36.0 Å². The molecule has 0 atom stereocenters. The van der Waals surface area contributed by atoms with E-state index in [2.05, 4.69) is 15.8 Å². The molecular formula is C32H26N4O7. The Morgan fingerprint density at radius 3 is 2.16 bits per heavy atom. The average Bonchev–Trinajstić information content (AvgIpc) is 3.01. The number of nitrogens with zero attached hydrogens (tertiary/aromatic N) is 2. The van der Waals surface area contributed by atoms with Gasteiger partial charge < -0.3 is 14.8 Å². The number of rotatable bonds is 10. The number of nitro groups is 1. The van der Waals surface area contributed by atoms with E-state index in [1.165, 1.54) is 43.5 Å². The van der Waals surface area contributed by atoms with Gasteiger partial charge in [-0.05, 0) is 73.2 Å². The maximum Gasteiger partial charge on any atom is 0.336 e. The van der Waals surface area contributed by atoms with Crippen LogP contribution in [0.4, 0.5) is 11.4 Å². The summed E-state index contributed by atoms with van der Waals surface area (Å²) >= 11 is 0. The number of nitrogens with one attached hydrogen (secondary N) is 2. The third-order valence-corrected chi connectivity index (χ3v) is 6.04. The topological polar surface area (TPSA) is 149 Å². The SMILES string of the molecule is COc1ccc(/C=C/C(=O)Oc2c(/C=N/NC(=O)c3ccc(NC(=O)c4ccc(C)cc4)cc3)cccc2[N+](=O)[O-])cc1. The van der Waals surface area contributed by atoms with E-state index in [1.54, 1.807) is 48.5 Å². The van der Waals surface area contributed by atoms with Gasteiger partial charge in [0, 0.05) is 34.5 Å². The second-order valence-corrected chi connectivity index (χ2v) is 9.08. The number of hydrogen-bond donors (Lipinski definition) is 2. The molecule has 0 saturated heterocycles. The number of amides is 2. The molecule has 11 nitrogen and oxygen atoms in total. The highest BCUT2D eigenvalue weighted by Crippen LogP contribution is 2.30. The minimum Gasteiger partial charge on any atom is -0.497 e. The van der Waals surface area contributed by atoms with Gasteiger partial charge in [0.2, 0.25) is 5.75 Å². The third kappa shape index (κ3) is 8.21. The molecule has 4 aromatic rings. The Bertz CT molecular complexity index is 1700. The number of nitro benzene ring substituents is 1. The van der Waals surface area contributed by atoms with Crippen LogP contribution in [0.15, 0.2) is 102 Å². The van der Waals surface area contributed by atoms with Gasteiger partial charge in [-0.3, -0.25) is 19.7 Å². The number of benzene rings is 4. The van der Waals surface area contributed by atoms with Crippen LogP contribution >= 0.6 is 0 Å². The zero-order chi connectivity index (χ0) is 30.8. The average molecular weight is 579 g/mol. The van der Waals surface area contributed by atoms with Crippen molar-refractivity contribution < 1.29 is 28.8 Å². The summed E-state index contributed by atoms with van der Waals surface area (Å²) < 4.78 is 10.4. The van der Waals surface area contributed by atoms with Crippen LogP contribution in [-0.2, 0) is 4.79 Å². The second kappa shape index (κ2) is 14.0. The van der Waals surface area contributed by atoms with Crippen molar-refractivity contribution in [3.05, 3.63) is 135 Å². The molecule has 0 aliphatic rings. The van der Waals surface area contributed by atoms with Crippen LogP contribution in [0.1, 0.15) is 37.4 Å². The number of ether oxygens (including phenoxy) is 2. The monoisotopic (exact) mass is 578 g/mol. The molecule has 0 heterocycles. The Balaban J connectivity index is 1.41. The van der Waals surface area contributed by atoms with Gasteiger partial charge in [0.15, 0.2) is 0 Å². The molecule has 0 unspecified atom stereocenters. The molecule has 0 spiro atoms. The van der Waals surface area contributed by atoms with Gasteiger partial charge in [0.05, 0.1) is 18.2 Å². The molecule has 0 aliphatic heterocycles. The fraction of sp³-hybridized carbons (Fsp3) is 0.0625. The maximum atomic E-state index is 12.6. The summed E-state index contributed by atoms with van der Waals surface area (Å²) in [7, 11) is 1.54. The number of hydrogen-bond acceptors (Lipinski definition) is 8. The van der Waals surface area contributed by atoms with Crippen LogP contribution in [0, 0.1) is 17.0 Å². The highest BCUT2D eigenvalue weighted by molar-refractivity contribution is 6.04. The van der Waals surface area contributed by atoms with Crippen LogP contribution in [0.5, 0.6) is 11.5 Å². The summed E-state index contributed by atoms with van der Waals surface area (Å²) in [5.74, 6) is -1.39. The largest absolute Gasteiger partial charge is 0.497 e. The van der Waals surface area contributed by atoms with E-state index in [1.807, 2.05) is 19.1 Å². The van der Waals surface area contributed by atoms with Crippen molar-refractivity contribution in [2.45, 2.75) is 6.92 Å². The summed E-state index contributed by atoms with van der Waals surface area (Å²) in [6.45, 7) is 1.93. The number of aryl methyl sites for hydroxylation is 1. The quantitative estimate of drug-likeness (QED) is 0.0626. The lowest BCUT2D eigenvalue weighted by Gasteiger charge is -2.07. The van der Waals surface area contributed by atoms with Gasteiger partial charge >= 0.3 is 11.7 Å². The van der Waals surface area contributed by atoms with Crippen molar-refractivity contribution in [2.24, 2.45) is 5.10 Å². The highest BCUT2D eigenvalue weighted by atomic mass is 16.6. The van der Waals surface area contributed by atoms with Crippen LogP contribution < -0.4 is 20.2 Å². The zero-order valence-corrected chi connectivity index (χ0v) is 23.1. The summed E-state index contributed by atoms with van der Waals surface area (Å²) in [5.41, 5.74) is 4.94. The van der Waals surface area contributed by atoms with E-state index >= 15 is 0 Å². The first kappa shape index (κ1) is 29.9. The van der Waals surface area contributed by atoms with Gasteiger partial charge in [-0.2, -0.15) is 5.10 Å². The lowest BCUT2D eigenvalue weighted by atomic mass is 10.1. The van der Waals surface area contributed by atoms with E-state index < -0.39 is 22.5 Å². The van der Waals surface area contributed by atoms with Gasteiger partial charge in [-0.1, -0.05) is 35.9 Å². The Kier molecular flexibility index (Phi) is 9.72. The molecule has 4 rings (SSSR count). The Morgan fingerprint density at radius 2 is 1.51 bits per heavy atom. The van der Waals surface area contributed by atoms with Gasteiger partial charge in [-0.15, -0.1) is 0 Å². The standard InChI is InChI=1S/C32H26N4O7/c1-21-6-11-23(12-7-21)31(38)34-26-15-13-24(14-16-26)32(39)35-33-20-25-4-3-5-28(36(40)41)30(25)43-29(37)19-10-22-8-17-27(42-2)18-9-22/h3-20H,1-2H3,(H,34,38)(H,35,39)/b19-10+,33-20+. The normalized spacial score (nSPS) is 10.8. The Labute approximate surface area is 246 Å². The number of methoxy groups -OCH3 is 1. The number of carbonyl (C=O) groups is 3. The molecule has 0 bridgehead atoms. The molecule has 0 radical (unpaired) electrons. The molecule has 216 valence electrons. The molecule has 0 saturated carbocycles. The predicted octanol–water partition coefficient (Wildman–Crippen LogP) is 5.55. The number of para-hydroxylation sites is 1. The van der Waals surface area contributed by atoms with E-state index in [4.69, 9.17) is 9.47 Å². The first-order valence-electron chi connectivity index (χ1n) is 12.9. The minimum atomic E-state index is -0.849.